The van der Waals surface area contributed by atoms with Gasteiger partial charge < -0.3 is 10.2 Å². The maximum absolute atomic E-state index is 12.0. The van der Waals surface area contributed by atoms with E-state index in [0.717, 1.165) is 11.3 Å². The lowest BCUT2D eigenvalue weighted by Crippen LogP contribution is -2.36. The molecule has 1 heterocycles. The van der Waals surface area contributed by atoms with Gasteiger partial charge in [0.25, 0.3) is 0 Å². The van der Waals surface area contributed by atoms with E-state index in [1.54, 1.807) is 24.5 Å². The molecule has 2 rings (SSSR count). The van der Waals surface area contributed by atoms with E-state index in [9.17, 15) is 9.59 Å². The minimum absolute atomic E-state index is 0.0204. The van der Waals surface area contributed by atoms with E-state index >= 15 is 0 Å². The summed E-state index contributed by atoms with van der Waals surface area (Å²) in [5, 5.41) is 2.77. The van der Waals surface area contributed by atoms with Gasteiger partial charge in [0.2, 0.25) is 11.8 Å². The number of aromatic nitrogens is 1. The van der Waals surface area contributed by atoms with Crippen LogP contribution in [0.4, 0.5) is 5.69 Å². The zero-order valence-electron chi connectivity index (χ0n) is 11.8. The van der Waals surface area contributed by atoms with Gasteiger partial charge in [0.1, 0.15) is 6.54 Å². The van der Waals surface area contributed by atoms with E-state index in [1.807, 2.05) is 30.3 Å². The predicted octanol–water partition coefficient (Wildman–Crippen LogP) is 2.07. The Labute approximate surface area is 123 Å². The van der Waals surface area contributed by atoms with Crippen LogP contribution in [0.5, 0.6) is 0 Å². The van der Waals surface area contributed by atoms with Gasteiger partial charge in [-0.2, -0.15) is 0 Å². The van der Waals surface area contributed by atoms with Crippen molar-refractivity contribution in [1.82, 2.24) is 9.88 Å². The van der Waals surface area contributed by atoms with Gasteiger partial charge in [0, 0.05) is 31.5 Å². The molecule has 0 atom stereocenters. The van der Waals surface area contributed by atoms with Crippen LogP contribution >= 0.6 is 0 Å². The molecule has 0 spiro atoms. The van der Waals surface area contributed by atoms with Gasteiger partial charge in [-0.25, -0.2) is 0 Å². The maximum atomic E-state index is 12.0. The van der Waals surface area contributed by atoms with Crippen LogP contribution in [-0.4, -0.2) is 28.2 Å². The SMILES string of the molecule is CC(=O)N(CC(=O)Nc1ccccc1)Cc1ccncc1. The number of rotatable bonds is 5. The monoisotopic (exact) mass is 283 g/mol. The lowest BCUT2D eigenvalue weighted by molar-refractivity contribution is -0.133. The summed E-state index contributed by atoms with van der Waals surface area (Å²) in [6, 6.07) is 12.8. The summed E-state index contributed by atoms with van der Waals surface area (Å²) in [4.78, 5) is 29.1. The Morgan fingerprint density at radius 1 is 1.10 bits per heavy atom. The van der Waals surface area contributed by atoms with Crippen molar-refractivity contribution in [2.75, 3.05) is 11.9 Å². The van der Waals surface area contributed by atoms with E-state index in [4.69, 9.17) is 0 Å². The van der Waals surface area contributed by atoms with Crippen molar-refractivity contribution < 1.29 is 9.59 Å². The van der Waals surface area contributed by atoms with Crippen LogP contribution in [0.15, 0.2) is 54.9 Å². The van der Waals surface area contributed by atoms with Gasteiger partial charge >= 0.3 is 0 Å². The van der Waals surface area contributed by atoms with E-state index in [1.165, 1.54) is 11.8 Å². The molecular formula is C16H17N3O2. The van der Waals surface area contributed by atoms with Crippen LogP contribution in [0.1, 0.15) is 12.5 Å². The van der Waals surface area contributed by atoms with Gasteiger partial charge in [0.15, 0.2) is 0 Å². The van der Waals surface area contributed by atoms with Crippen LogP contribution < -0.4 is 5.32 Å². The highest BCUT2D eigenvalue weighted by molar-refractivity contribution is 5.94. The molecular weight excluding hydrogens is 266 g/mol. The molecule has 0 aliphatic carbocycles. The second-order valence-corrected chi connectivity index (χ2v) is 4.64. The Morgan fingerprint density at radius 3 is 2.38 bits per heavy atom. The molecule has 108 valence electrons. The fourth-order valence-electron chi connectivity index (χ4n) is 1.88. The smallest absolute Gasteiger partial charge is 0.244 e. The number of amides is 2. The van der Waals surface area contributed by atoms with Gasteiger partial charge in [-0.05, 0) is 29.8 Å². The van der Waals surface area contributed by atoms with E-state index in [2.05, 4.69) is 10.3 Å². The van der Waals surface area contributed by atoms with Gasteiger partial charge in [-0.15, -0.1) is 0 Å². The molecule has 0 saturated heterocycles. The van der Waals surface area contributed by atoms with Crippen molar-refractivity contribution in [1.29, 1.82) is 0 Å². The number of hydrogen-bond acceptors (Lipinski definition) is 3. The largest absolute Gasteiger partial charge is 0.329 e. The van der Waals surface area contributed by atoms with Gasteiger partial charge in [-0.1, -0.05) is 18.2 Å². The molecule has 0 aliphatic heterocycles. The molecule has 21 heavy (non-hydrogen) atoms. The summed E-state index contributed by atoms with van der Waals surface area (Å²) in [7, 11) is 0. The molecule has 0 fully saturated rings. The molecule has 0 aliphatic rings. The quantitative estimate of drug-likeness (QED) is 0.913. The molecule has 2 aromatic rings. The van der Waals surface area contributed by atoms with Crippen LogP contribution in [0.3, 0.4) is 0 Å². The van der Waals surface area contributed by atoms with Gasteiger partial charge in [-0.3, -0.25) is 14.6 Å². The third-order valence-corrected chi connectivity index (χ3v) is 2.96. The number of nitrogens with one attached hydrogen (secondary N) is 1. The first-order valence-corrected chi connectivity index (χ1v) is 6.64. The fraction of sp³-hybridized carbons (Fsp3) is 0.188. The second-order valence-electron chi connectivity index (χ2n) is 4.64. The minimum Gasteiger partial charge on any atom is -0.329 e. The fourth-order valence-corrected chi connectivity index (χ4v) is 1.88. The Morgan fingerprint density at radius 2 is 1.76 bits per heavy atom. The molecule has 5 heteroatoms. The van der Waals surface area contributed by atoms with Crippen LogP contribution in [0.2, 0.25) is 0 Å². The highest BCUT2D eigenvalue weighted by Gasteiger charge is 2.14. The number of nitrogens with zero attached hydrogens (tertiary/aromatic N) is 2. The topological polar surface area (TPSA) is 62.3 Å². The van der Waals surface area contributed by atoms with Crippen LogP contribution in [0.25, 0.3) is 0 Å². The van der Waals surface area contributed by atoms with E-state index in [-0.39, 0.29) is 18.4 Å². The first kappa shape index (κ1) is 14.7. The third kappa shape index (κ3) is 4.72. The Balaban J connectivity index is 1.96. The molecule has 1 N–H and O–H groups in total. The van der Waals surface area contributed by atoms with Crippen molar-refractivity contribution >= 4 is 17.5 Å². The summed E-state index contributed by atoms with van der Waals surface area (Å²) in [5.41, 5.74) is 1.66. The van der Waals surface area contributed by atoms with Crippen molar-refractivity contribution in [3.05, 3.63) is 60.4 Å². The van der Waals surface area contributed by atoms with Gasteiger partial charge in [0.05, 0.1) is 0 Å². The number of carbonyl (C=O) groups is 2. The number of carbonyl (C=O) groups excluding carboxylic acids is 2. The highest BCUT2D eigenvalue weighted by Crippen LogP contribution is 2.07. The lowest BCUT2D eigenvalue weighted by Gasteiger charge is -2.20. The zero-order chi connectivity index (χ0) is 15.1. The summed E-state index contributed by atoms with van der Waals surface area (Å²) in [6.07, 6.45) is 3.33. The molecule has 5 nitrogen and oxygen atoms in total. The summed E-state index contributed by atoms with van der Waals surface area (Å²) in [6.45, 7) is 1.86. The first-order valence-electron chi connectivity index (χ1n) is 6.64. The van der Waals surface area contributed by atoms with E-state index in [0.29, 0.717) is 6.54 Å². The third-order valence-electron chi connectivity index (χ3n) is 2.96. The van der Waals surface area contributed by atoms with E-state index < -0.39 is 0 Å². The summed E-state index contributed by atoms with van der Waals surface area (Å²) in [5.74, 6) is -0.361. The molecule has 0 unspecified atom stereocenters. The Kier molecular flexibility index (Phi) is 5.04. The Hall–Kier alpha value is -2.69. The highest BCUT2D eigenvalue weighted by atomic mass is 16.2. The Bertz CT molecular complexity index is 599. The molecule has 0 radical (unpaired) electrons. The normalized spacial score (nSPS) is 9.95. The number of para-hydroxylation sites is 1. The molecule has 2 amide bonds. The minimum atomic E-state index is -0.217. The number of pyridine rings is 1. The molecule has 1 aromatic carbocycles. The molecule has 0 bridgehead atoms. The van der Waals surface area contributed by atoms with Crippen molar-refractivity contribution in [3.63, 3.8) is 0 Å². The van der Waals surface area contributed by atoms with Crippen LogP contribution in [0, 0.1) is 0 Å². The molecule has 0 saturated carbocycles. The summed E-state index contributed by atoms with van der Waals surface area (Å²) < 4.78 is 0. The standard InChI is InChI=1S/C16H17N3O2/c1-13(20)19(11-14-7-9-17-10-8-14)12-16(21)18-15-5-3-2-4-6-15/h2-10H,11-12H2,1H3,(H,18,21). The average molecular weight is 283 g/mol. The van der Waals surface area contributed by atoms with Crippen molar-refractivity contribution in [2.45, 2.75) is 13.5 Å². The number of anilines is 1. The lowest BCUT2D eigenvalue weighted by atomic mass is 10.2. The number of hydrogen-bond donors (Lipinski definition) is 1. The summed E-state index contributed by atoms with van der Waals surface area (Å²) >= 11 is 0. The zero-order valence-corrected chi connectivity index (χ0v) is 11.8. The first-order chi connectivity index (χ1) is 10.1. The maximum Gasteiger partial charge on any atom is 0.244 e. The molecule has 1 aromatic heterocycles. The second kappa shape index (κ2) is 7.19. The van der Waals surface area contributed by atoms with Crippen LogP contribution in [-0.2, 0) is 16.1 Å². The number of benzene rings is 1. The average Bonchev–Trinajstić information content (AvgIpc) is 2.48. The predicted molar refractivity (Wildman–Crippen MR) is 80.4 cm³/mol. The van der Waals surface area contributed by atoms with Crippen molar-refractivity contribution in [3.8, 4) is 0 Å². The van der Waals surface area contributed by atoms with Crippen molar-refractivity contribution in [2.24, 2.45) is 0 Å².